The molecule has 0 saturated heterocycles. The molecule has 0 aliphatic heterocycles. The molecular weight excluding hydrogens is 309 g/mol. The van der Waals surface area contributed by atoms with Gasteiger partial charge in [0, 0.05) is 18.4 Å². The first-order chi connectivity index (χ1) is 8.94. The number of rotatable bonds is 4. The minimum atomic E-state index is -3.72. The van der Waals surface area contributed by atoms with Crippen molar-refractivity contribution in [1.29, 1.82) is 0 Å². The quantitative estimate of drug-likeness (QED) is 0.809. The van der Waals surface area contributed by atoms with Crippen LogP contribution in [0.5, 0.6) is 0 Å². The van der Waals surface area contributed by atoms with Gasteiger partial charge in [0.15, 0.2) is 0 Å². The molecule has 102 valence electrons. The van der Waals surface area contributed by atoms with Crippen LogP contribution in [0.25, 0.3) is 0 Å². The first kappa shape index (κ1) is 14.2. The lowest BCUT2D eigenvalue weighted by molar-refractivity contribution is 0.601. The van der Waals surface area contributed by atoms with E-state index in [1.807, 2.05) is 0 Å². The second-order valence-electron chi connectivity index (χ2n) is 3.77. The predicted octanol–water partition coefficient (Wildman–Crippen LogP) is 2.58. The summed E-state index contributed by atoms with van der Waals surface area (Å²) < 4.78 is 26.6. The van der Waals surface area contributed by atoms with Crippen molar-refractivity contribution < 1.29 is 8.42 Å². The zero-order valence-corrected chi connectivity index (χ0v) is 12.0. The maximum atomic E-state index is 12.1. The number of nitrogens with one attached hydrogen (secondary N) is 2. The van der Waals surface area contributed by atoms with E-state index in [4.69, 9.17) is 28.9 Å². The molecule has 1 heterocycles. The molecule has 0 spiro atoms. The summed E-state index contributed by atoms with van der Waals surface area (Å²) in [4.78, 5) is 2.86. The third kappa shape index (κ3) is 3.03. The number of H-pyrrole nitrogens is 1. The van der Waals surface area contributed by atoms with Crippen LogP contribution < -0.4 is 10.5 Å². The van der Waals surface area contributed by atoms with Gasteiger partial charge in [-0.05, 0) is 18.2 Å². The van der Waals surface area contributed by atoms with E-state index >= 15 is 0 Å². The predicted molar refractivity (Wildman–Crippen MR) is 76.0 cm³/mol. The summed E-state index contributed by atoms with van der Waals surface area (Å²) in [7, 11) is -3.72. The van der Waals surface area contributed by atoms with Gasteiger partial charge in [-0.15, -0.1) is 0 Å². The van der Waals surface area contributed by atoms with Gasteiger partial charge in [-0.3, -0.25) is 4.72 Å². The Morgan fingerprint density at radius 1 is 1.32 bits per heavy atom. The lowest BCUT2D eigenvalue weighted by atomic mass is 10.3. The first-order valence-electron chi connectivity index (χ1n) is 5.28. The Kier molecular flexibility index (Phi) is 4.05. The fraction of sp³-hybridized carbons (Fsp3) is 0.0909. The third-order valence-electron chi connectivity index (χ3n) is 2.44. The number of aromatic amines is 1. The zero-order chi connectivity index (χ0) is 14.0. The summed E-state index contributed by atoms with van der Waals surface area (Å²) in [5.41, 5.74) is 6.27. The number of anilines is 1. The van der Waals surface area contributed by atoms with Gasteiger partial charge < -0.3 is 10.7 Å². The van der Waals surface area contributed by atoms with Crippen molar-refractivity contribution in [2.45, 2.75) is 11.4 Å². The number of halogens is 2. The average molecular weight is 320 g/mol. The highest BCUT2D eigenvalue weighted by Crippen LogP contribution is 2.31. The normalized spacial score (nSPS) is 11.5. The molecule has 0 unspecified atom stereocenters. The molecule has 0 bridgehead atoms. The molecule has 0 fully saturated rings. The van der Waals surface area contributed by atoms with E-state index in [0.29, 0.717) is 5.69 Å². The van der Waals surface area contributed by atoms with Crippen molar-refractivity contribution in [3.63, 3.8) is 0 Å². The van der Waals surface area contributed by atoms with Crippen LogP contribution in [0.15, 0.2) is 35.4 Å². The van der Waals surface area contributed by atoms with Gasteiger partial charge in [-0.1, -0.05) is 29.3 Å². The Hall–Kier alpha value is -1.21. The van der Waals surface area contributed by atoms with Crippen molar-refractivity contribution in [3.05, 3.63) is 46.2 Å². The zero-order valence-electron chi connectivity index (χ0n) is 9.65. The number of hydrogen-bond acceptors (Lipinski definition) is 3. The second-order valence-corrected chi connectivity index (χ2v) is 6.24. The SMILES string of the molecule is NCc1cc(S(=O)(=O)Nc2cccc(Cl)c2Cl)c[nH]1. The Labute approximate surface area is 120 Å². The van der Waals surface area contributed by atoms with Crippen LogP contribution in [-0.4, -0.2) is 13.4 Å². The standard InChI is InChI=1S/C11H11Cl2N3O2S/c12-9-2-1-3-10(11(9)13)16-19(17,18)8-4-7(5-14)15-6-8/h1-4,6,15-16H,5,14H2. The van der Waals surface area contributed by atoms with Crippen molar-refractivity contribution in [1.82, 2.24) is 4.98 Å². The summed E-state index contributed by atoms with van der Waals surface area (Å²) >= 11 is 11.8. The number of hydrogen-bond donors (Lipinski definition) is 3. The molecule has 2 aromatic rings. The molecule has 2 rings (SSSR count). The van der Waals surface area contributed by atoms with E-state index in [1.165, 1.54) is 18.3 Å². The van der Waals surface area contributed by atoms with E-state index in [0.717, 1.165) is 0 Å². The van der Waals surface area contributed by atoms with Gasteiger partial charge in [-0.25, -0.2) is 8.42 Å². The minimum absolute atomic E-state index is 0.0870. The van der Waals surface area contributed by atoms with Crippen LogP contribution in [0.3, 0.4) is 0 Å². The third-order valence-corrected chi connectivity index (χ3v) is 4.61. The molecule has 0 aliphatic rings. The van der Waals surface area contributed by atoms with Crippen molar-refractivity contribution in [2.75, 3.05) is 4.72 Å². The lowest BCUT2D eigenvalue weighted by Gasteiger charge is -2.08. The summed E-state index contributed by atoms with van der Waals surface area (Å²) in [5, 5.41) is 0.431. The smallest absolute Gasteiger partial charge is 0.263 e. The summed E-state index contributed by atoms with van der Waals surface area (Å²) in [6, 6.07) is 6.17. The van der Waals surface area contributed by atoms with Gasteiger partial charge >= 0.3 is 0 Å². The minimum Gasteiger partial charge on any atom is -0.363 e. The highest BCUT2D eigenvalue weighted by molar-refractivity contribution is 7.92. The van der Waals surface area contributed by atoms with Gasteiger partial charge in [0.05, 0.1) is 15.7 Å². The van der Waals surface area contributed by atoms with Crippen LogP contribution in [-0.2, 0) is 16.6 Å². The fourth-order valence-electron chi connectivity index (χ4n) is 1.48. The van der Waals surface area contributed by atoms with Crippen LogP contribution in [0, 0.1) is 0 Å². The molecule has 19 heavy (non-hydrogen) atoms. The number of nitrogens with two attached hydrogens (primary N) is 1. The second kappa shape index (κ2) is 5.42. The molecule has 5 nitrogen and oxygen atoms in total. The van der Waals surface area contributed by atoms with Crippen LogP contribution in [0.1, 0.15) is 5.69 Å². The van der Waals surface area contributed by atoms with E-state index in [1.54, 1.807) is 12.1 Å². The van der Waals surface area contributed by atoms with Gasteiger partial charge in [-0.2, -0.15) is 0 Å². The van der Waals surface area contributed by atoms with Crippen LogP contribution in [0.2, 0.25) is 10.0 Å². The van der Waals surface area contributed by atoms with Gasteiger partial charge in [0.1, 0.15) is 4.90 Å². The number of benzene rings is 1. The molecule has 0 atom stereocenters. The van der Waals surface area contributed by atoms with Gasteiger partial charge in [0.2, 0.25) is 0 Å². The Bertz CT molecular complexity index is 698. The highest BCUT2D eigenvalue weighted by Gasteiger charge is 2.18. The molecule has 4 N–H and O–H groups in total. The molecule has 8 heteroatoms. The van der Waals surface area contributed by atoms with Crippen LogP contribution >= 0.6 is 23.2 Å². The highest BCUT2D eigenvalue weighted by atomic mass is 35.5. The largest absolute Gasteiger partial charge is 0.363 e. The molecule has 0 amide bonds. The van der Waals surface area contributed by atoms with E-state index < -0.39 is 10.0 Å². The summed E-state index contributed by atoms with van der Waals surface area (Å²) in [6.07, 6.45) is 1.36. The lowest BCUT2D eigenvalue weighted by Crippen LogP contribution is -2.12. The maximum Gasteiger partial charge on any atom is 0.263 e. The molecule has 0 saturated carbocycles. The van der Waals surface area contributed by atoms with Gasteiger partial charge in [0.25, 0.3) is 10.0 Å². The monoisotopic (exact) mass is 319 g/mol. The number of aromatic nitrogens is 1. The average Bonchev–Trinajstić information content (AvgIpc) is 2.84. The molecule has 0 radical (unpaired) electrons. The molecular formula is C11H11Cl2N3O2S. The summed E-state index contributed by atoms with van der Waals surface area (Å²) in [6.45, 7) is 0.230. The molecule has 0 aliphatic carbocycles. The van der Waals surface area contributed by atoms with Crippen molar-refractivity contribution in [2.24, 2.45) is 5.73 Å². The van der Waals surface area contributed by atoms with E-state index in [2.05, 4.69) is 9.71 Å². The Morgan fingerprint density at radius 3 is 2.68 bits per heavy atom. The van der Waals surface area contributed by atoms with Crippen molar-refractivity contribution >= 4 is 38.9 Å². The fourth-order valence-corrected chi connectivity index (χ4v) is 2.97. The first-order valence-corrected chi connectivity index (χ1v) is 7.52. The topological polar surface area (TPSA) is 88.0 Å². The Morgan fingerprint density at radius 2 is 2.05 bits per heavy atom. The van der Waals surface area contributed by atoms with E-state index in [-0.39, 0.29) is 27.2 Å². The molecule has 1 aromatic carbocycles. The van der Waals surface area contributed by atoms with Crippen molar-refractivity contribution in [3.8, 4) is 0 Å². The summed E-state index contributed by atoms with van der Waals surface area (Å²) in [5.74, 6) is 0. The Balaban J connectivity index is 2.33. The molecule has 1 aromatic heterocycles. The van der Waals surface area contributed by atoms with E-state index in [9.17, 15) is 8.42 Å². The number of sulfonamides is 1. The van der Waals surface area contributed by atoms with Crippen LogP contribution in [0.4, 0.5) is 5.69 Å². The maximum absolute atomic E-state index is 12.1.